The molecule has 2 heterocycles. The van der Waals surface area contributed by atoms with Crippen molar-refractivity contribution in [3.8, 4) is 5.75 Å². The predicted octanol–water partition coefficient (Wildman–Crippen LogP) is 4.85. The van der Waals surface area contributed by atoms with Crippen LogP contribution in [0.4, 0.5) is 5.13 Å². The number of aromatic nitrogens is 1. The first-order chi connectivity index (χ1) is 19.6. The Kier molecular flexibility index (Phi) is 7.67. The number of carboxylic acid groups (broad SMARTS) is 1. The molecule has 0 spiro atoms. The molecular formula is C31H38N2O7S. The molecule has 8 unspecified atom stereocenters. The van der Waals surface area contributed by atoms with Gasteiger partial charge in [-0.25, -0.2) is 9.78 Å². The summed E-state index contributed by atoms with van der Waals surface area (Å²) in [6, 6.07) is 6.06. The number of thiazole rings is 1. The number of aliphatic hydroxyl groups excluding tert-OH is 1. The highest BCUT2D eigenvalue weighted by Gasteiger charge is 2.58. The van der Waals surface area contributed by atoms with Crippen LogP contribution >= 0.6 is 11.3 Å². The van der Waals surface area contributed by atoms with Gasteiger partial charge >= 0.3 is 5.97 Å². The number of carbonyl (C=O) groups excluding carboxylic acids is 2. The summed E-state index contributed by atoms with van der Waals surface area (Å²) in [5, 5.41) is 22.9. The number of nitrogens with zero attached hydrogens (tertiary/aromatic N) is 1. The molecule has 10 heteroatoms. The zero-order chi connectivity index (χ0) is 28.9. The number of nitrogens with one attached hydrogen (secondary N) is 1. The van der Waals surface area contributed by atoms with E-state index in [1.54, 1.807) is 6.20 Å². The summed E-state index contributed by atoms with van der Waals surface area (Å²) in [4.78, 5) is 42.7. The van der Waals surface area contributed by atoms with Gasteiger partial charge in [0.15, 0.2) is 11.2 Å². The van der Waals surface area contributed by atoms with Crippen molar-refractivity contribution < 1.29 is 34.1 Å². The highest BCUT2D eigenvalue weighted by atomic mass is 32.1. The van der Waals surface area contributed by atoms with Crippen LogP contribution in [0.1, 0.15) is 80.2 Å². The van der Waals surface area contributed by atoms with E-state index in [2.05, 4.69) is 23.3 Å². The van der Waals surface area contributed by atoms with Gasteiger partial charge in [0, 0.05) is 42.2 Å². The van der Waals surface area contributed by atoms with E-state index >= 15 is 0 Å². The molecule has 2 aromatic rings. The maximum absolute atomic E-state index is 13.3. The zero-order valence-electron chi connectivity index (χ0n) is 23.5. The molecule has 1 aromatic carbocycles. The van der Waals surface area contributed by atoms with Crippen molar-refractivity contribution in [2.75, 3.05) is 5.32 Å². The molecule has 3 N–H and O–H groups in total. The maximum Gasteiger partial charge on any atom is 0.333 e. The van der Waals surface area contributed by atoms with Gasteiger partial charge in [0.1, 0.15) is 11.5 Å². The second-order valence-electron chi connectivity index (χ2n) is 12.5. The number of hydrogen-bond donors (Lipinski definition) is 3. The van der Waals surface area contributed by atoms with Gasteiger partial charge in [-0.2, -0.15) is 0 Å². The van der Waals surface area contributed by atoms with Gasteiger partial charge in [0.05, 0.1) is 6.10 Å². The molecule has 2 saturated carbocycles. The van der Waals surface area contributed by atoms with Crippen molar-refractivity contribution in [2.24, 2.45) is 23.2 Å². The number of carbonyl (C=O) groups is 3. The highest BCUT2D eigenvalue weighted by Crippen LogP contribution is 2.62. The van der Waals surface area contributed by atoms with E-state index in [0.717, 1.165) is 30.6 Å². The van der Waals surface area contributed by atoms with Crippen LogP contribution in [0.25, 0.3) is 0 Å². The minimum Gasteiger partial charge on any atom is -0.479 e. The molecule has 220 valence electrons. The lowest BCUT2D eigenvalue weighted by atomic mass is 9.54. The first-order valence-electron chi connectivity index (χ1n) is 14.7. The average Bonchev–Trinajstić information content (AvgIpc) is 3.45. The number of rotatable bonds is 7. The molecule has 8 atom stereocenters. The van der Waals surface area contributed by atoms with Gasteiger partial charge in [0.25, 0.3) is 0 Å². The molecule has 6 rings (SSSR count). The highest BCUT2D eigenvalue weighted by molar-refractivity contribution is 7.15. The Labute approximate surface area is 243 Å². The third-order valence-electron chi connectivity index (χ3n) is 9.96. The van der Waals surface area contributed by atoms with Crippen LogP contribution in [0.2, 0.25) is 0 Å². The first kappa shape index (κ1) is 28.3. The molecule has 9 nitrogen and oxygen atoms in total. The second-order valence-corrected chi connectivity index (χ2v) is 13.8. The summed E-state index contributed by atoms with van der Waals surface area (Å²) in [5.41, 5.74) is 2.20. The Hall–Kier alpha value is -2.82. The monoisotopic (exact) mass is 582 g/mol. The van der Waals surface area contributed by atoms with Gasteiger partial charge in [0.2, 0.25) is 12.2 Å². The summed E-state index contributed by atoms with van der Waals surface area (Å²) >= 11 is 1.46. The number of fused-ring (bicyclic) bond motifs is 5. The largest absolute Gasteiger partial charge is 0.479 e. The Balaban J connectivity index is 1.14. The fourth-order valence-electron chi connectivity index (χ4n) is 8.11. The molecule has 4 aliphatic rings. The number of ether oxygens (including phenoxy) is 2. The van der Waals surface area contributed by atoms with Crippen molar-refractivity contribution >= 4 is 34.1 Å². The van der Waals surface area contributed by atoms with Crippen LogP contribution in [0.5, 0.6) is 5.75 Å². The van der Waals surface area contributed by atoms with Gasteiger partial charge < -0.3 is 25.0 Å². The Bertz CT molecular complexity index is 1340. The minimum absolute atomic E-state index is 0.0431. The van der Waals surface area contributed by atoms with E-state index in [0.29, 0.717) is 47.8 Å². The zero-order valence-corrected chi connectivity index (χ0v) is 24.3. The van der Waals surface area contributed by atoms with Crippen LogP contribution in [-0.2, 0) is 25.5 Å². The lowest BCUT2D eigenvalue weighted by Crippen LogP contribution is -2.44. The van der Waals surface area contributed by atoms with Crippen molar-refractivity contribution in [1.82, 2.24) is 4.98 Å². The van der Waals surface area contributed by atoms with Crippen molar-refractivity contribution in [3.05, 3.63) is 40.4 Å². The number of amides is 1. The van der Waals surface area contributed by atoms with Gasteiger partial charge in [-0.3, -0.25) is 9.59 Å². The smallest absolute Gasteiger partial charge is 0.333 e. The molecule has 1 aliphatic heterocycles. The molecule has 0 radical (unpaired) electrons. The lowest BCUT2D eigenvalue weighted by Gasteiger charge is -2.50. The molecule has 1 aromatic heterocycles. The van der Waals surface area contributed by atoms with E-state index in [4.69, 9.17) is 9.47 Å². The summed E-state index contributed by atoms with van der Waals surface area (Å²) in [7, 11) is 0. The maximum atomic E-state index is 13.3. The quantitative estimate of drug-likeness (QED) is 0.422. The summed E-state index contributed by atoms with van der Waals surface area (Å²) < 4.78 is 11.6. The fraction of sp³-hybridized carbons (Fsp3) is 0.613. The van der Waals surface area contributed by atoms with E-state index in [1.165, 1.54) is 22.5 Å². The third-order valence-corrected chi connectivity index (χ3v) is 10.8. The summed E-state index contributed by atoms with van der Waals surface area (Å²) in [6.45, 7) is 4.12. The number of ketones is 1. The fourth-order valence-corrected chi connectivity index (χ4v) is 8.79. The predicted molar refractivity (Wildman–Crippen MR) is 152 cm³/mol. The van der Waals surface area contributed by atoms with Crippen molar-refractivity contribution in [2.45, 2.75) is 96.1 Å². The Morgan fingerprint density at radius 2 is 2.10 bits per heavy atom. The second kappa shape index (κ2) is 11.1. The number of aliphatic carboxylic acids is 1. The van der Waals surface area contributed by atoms with E-state index < -0.39 is 24.5 Å². The SMILES string of the molecule is Cc1cnc(NC(=O)CCC2CC(=O)C3(C)CCC4c5ccc(OC6CC(O)CC(C(=O)O)O6)cc5CCC4C23)s1. The third kappa shape index (κ3) is 5.53. The first-order valence-corrected chi connectivity index (χ1v) is 15.5. The van der Waals surface area contributed by atoms with Crippen LogP contribution in [0.15, 0.2) is 24.4 Å². The Morgan fingerprint density at radius 3 is 2.85 bits per heavy atom. The average molecular weight is 583 g/mol. The number of aliphatic hydroxyl groups is 1. The van der Waals surface area contributed by atoms with Crippen molar-refractivity contribution in [3.63, 3.8) is 0 Å². The lowest BCUT2D eigenvalue weighted by molar-refractivity contribution is -0.195. The standard InChI is InChI=1S/C31H38N2O7S/c1-16-15-32-30(41-16)33-26(36)8-4-18-12-25(35)31(2)10-9-22-21-7-5-20(11-17(21)3-6-23(22)28(18)31)39-27-14-19(34)13-24(40-27)29(37)38/h5,7,11,15,18-19,22-24,27-28,34H,3-4,6,8-10,12-14H2,1-2H3,(H,37,38)(H,32,33,36). The molecule has 3 aliphatic carbocycles. The number of anilines is 1. The molecule has 1 amide bonds. The number of Topliss-reactive ketones (excluding diaryl/α,β-unsaturated/α-hetero) is 1. The summed E-state index contributed by atoms with van der Waals surface area (Å²) in [6.07, 6.45) is 4.68. The molecule has 41 heavy (non-hydrogen) atoms. The molecular weight excluding hydrogens is 544 g/mol. The molecule has 0 bridgehead atoms. The topological polar surface area (TPSA) is 135 Å². The number of aryl methyl sites for hydroxylation is 2. The van der Waals surface area contributed by atoms with Crippen LogP contribution in [-0.4, -0.2) is 51.4 Å². The van der Waals surface area contributed by atoms with Crippen LogP contribution < -0.4 is 10.1 Å². The molecule has 1 saturated heterocycles. The van der Waals surface area contributed by atoms with Gasteiger partial charge in [-0.15, -0.1) is 11.3 Å². The number of carboxylic acids is 1. The molecule has 3 fully saturated rings. The minimum atomic E-state index is -1.10. The van der Waals surface area contributed by atoms with E-state index in [-0.39, 0.29) is 36.0 Å². The Morgan fingerprint density at radius 1 is 1.27 bits per heavy atom. The number of benzene rings is 1. The normalized spacial score (nSPS) is 34.3. The van der Waals surface area contributed by atoms with E-state index in [1.807, 2.05) is 19.1 Å². The van der Waals surface area contributed by atoms with Crippen LogP contribution in [0.3, 0.4) is 0 Å². The van der Waals surface area contributed by atoms with Gasteiger partial charge in [-0.05, 0) is 86.0 Å². The van der Waals surface area contributed by atoms with Crippen LogP contribution in [0, 0.1) is 30.1 Å². The van der Waals surface area contributed by atoms with E-state index in [9.17, 15) is 24.6 Å². The van der Waals surface area contributed by atoms with Gasteiger partial charge in [-0.1, -0.05) is 13.0 Å². The van der Waals surface area contributed by atoms with Crippen molar-refractivity contribution in [1.29, 1.82) is 0 Å². The number of hydrogen-bond acceptors (Lipinski definition) is 8. The summed E-state index contributed by atoms with van der Waals surface area (Å²) in [5.74, 6) is 1.03.